The van der Waals surface area contributed by atoms with Gasteiger partial charge in [-0.05, 0) is 42.5 Å². The fourth-order valence-electron chi connectivity index (χ4n) is 2.13. The molecule has 0 saturated heterocycles. The molecule has 1 aromatic heterocycles. The first-order valence-corrected chi connectivity index (χ1v) is 6.47. The second-order valence-corrected chi connectivity index (χ2v) is 4.64. The number of nitrogens with zero attached hydrogens (tertiary/aromatic N) is 1. The van der Waals surface area contributed by atoms with E-state index in [9.17, 15) is 14.0 Å². The van der Waals surface area contributed by atoms with E-state index in [0.29, 0.717) is 22.2 Å². The number of benzene rings is 2. The molecule has 1 heterocycles. The molecule has 0 aliphatic carbocycles. The van der Waals surface area contributed by atoms with Gasteiger partial charge in [-0.2, -0.15) is 0 Å². The summed E-state index contributed by atoms with van der Waals surface area (Å²) in [5.74, 6) is -0.882. The van der Waals surface area contributed by atoms with Crippen molar-refractivity contribution < 1.29 is 13.9 Å². The molecule has 110 valence electrons. The normalized spacial score (nSPS) is 10.6. The van der Waals surface area contributed by atoms with Crippen molar-refractivity contribution in [2.24, 2.45) is 0 Å². The van der Waals surface area contributed by atoms with Gasteiger partial charge in [-0.3, -0.25) is 4.79 Å². The first-order chi connectivity index (χ1) is 10.6. The van der Waals surface area contributed by atoms with Crippen LogP contribution in [-0.2, 0) is 4.74 Å². The van der Waals surface area contributed by atoms with Crippen molar-refractivity contribution in [2.45, 2.75) is 0 Å². The largest absolute Gasteiger partial charge is 0.465 e. The number of carbonyl (C=O) groups excluding carboxylic acids is 1. The molecule has 0 bridgehead atoms. The highest BCUT2D eigenvalue weighted by molar-refractivity contribution is 5.93. The molecule has 0 amide bonds. The van der Waals surface area contributed by atoms with Crippen LogP contribution in [-0.4, -0.2) is 23.0 Å². The van der Waals surface area contributed by atoms with Crippen molar-refractivity contribution in [3.63, 3.8) is 0 Å². The Morgan fingerprint density at radius 1 is 1.18 bits per heavy atom. The number of aromatic amines is 1. The molecule has 2 aromatic carbocycles. The molecule has 0 radical (unpaired) electrons. The Balaban J connectivity index is 2.19. The number of halogens is 1. The van der Waals surface area contributed by atoms with Gasteiger partial charge < -0.3 is 9.72 Å². The predicted octanol–water partition coefficient (Wildman–Crippen LogP) is 2.52. The molecule has 0 unspecified atom stereocenters. The Bertz CT molecular complexity index is 917. The first kappa shape index (κ1) is 13.9. The molecule has 0 atom stereocenters. The Morgan fingerprint density at radius 2 is 1.91 bits per heavy atom. The van der Waals surface area contributed by atoms with Gasteiger partial charge in [-0.25, -0.2) is 14.2 Å². The zero-order valence-electron chi connectivity index (χ0n) is 11.6. The van der Waals surface area contributed by atoms with E-state index in [4.69, 9.17) is 0 Å². The summed E-state index contributed by atoms with van der Waals surface area (Å²) in [6, 6.07) is 10.1. The maximum atomic E-state index is 13.0. The molecule has 6 heteroatoms. The number of hydrogen-bond donors (Lipinski definition) is 1. The summed E-state index contributed by atoms with van der Waals surface area (Å²) in [6.07, 6.45) is 0. The predicted molar refractivity (Wildman–Crippen MR) is 79.1 cm³/mol. The number of fused-ring (bicyclic) bond motifs is 1. The second kappa shape index (κ2) is 5.40. The number of hydrogen-bond acceptors (Lipinski definition) is 4. The third-order valence-corrected chi connectivity index (χ3v) is 3.23. The first-order valence-electron chi connectivity index (χ1n) is 6.47. The number of carbonyl (C=O) groups is 1. The van der Waals surface area contributed by atoms with Crippen molar-refractivity contribution in [2.75, 3.05) is 7.11 Å². The van der Waals surface area contributed by atoms with E-state index in [2.05, 4.69) is 14.7 Å². The second-order valence-electron chi connectivity index (χ2n) is 4.64. The molecule has 0 saturated carbocycles. The zero-order valence-corrected chi connectivity index (χ0v) is 11.6. The molecule has 1 N–H and O–H groups in total. The smallest absolute Gasteiger partial charge is 0.337 e. The number of nitrogens with one attached hydrogen (secondary N) is 1. The van der Waals surface area contributed by atoms with Gasteiger partial charge in [0.05, 0.1) is 23.7 Å². The molecule has 0 aliphatic heterocycles. The lowest BCUT2D eigenvalue weighted by molar-refractivity contribution is 0.0601. The lowest BCUT2D eigenvalue weighted by Gasteiger charge is -2.04. The van der Waals surface area contributed by atoms with Crippen LogP contribution in [0.25, 0.3) is 22.3 Å². The van der Waals surface area contributed by atoms with Gasteiger partial charge in [0.1, 0.15) is 11.5 Å². The minimum absolute atomic E-state index is 0.162. The molecular weight excluding hydrogens is 287 g/mol. The molecule has 0 fully saturated rings. The maximum absolute atomic E-state index is 13.0. The van der Waals surface area contributed by atoms with E-state index >= 15 is 0 Å². The fourth-order valence-corrected chi connectivity index (χ4v) is 2.13. The minimum atomic E-state index is -0.488. The summed E-state index contributed by atoms with van der Waals surface area (Å²) in [4.78, 5) is 30.6. The monoisotopic (exact) mass is 298 g/mol. The SMILES string of the molecule is COC(=O)c1ccc2[nH]c(=O)c(-c3ccc(F)cc3)nc2c1. The van der Waals surface area contributed by atoms with Crippen LogP contribution in [0, 0.1) is 5.82 Å². The average Bonchev–Trinajstić information content (AvgIpc) is 2.54. The third-order valence-electron chi connectivity index (χ3n) is 3.23. The standard InChI is InChI=1S/C16H11FN2O3/c1-22-16(21)10-4-7-12-13(8-10)18-14(15(20)19-12)9-2-5-11(17)6-3-9/h2-8H,1H3,(H,19,20). The Morgan fingerprint density at radius 3 is 2.59 bits per heavy atom. The van der Waals surface area contributed by atoms with Crippen molar-refractivity contribution >= 4 is 17.0 Å². The van der Waals surface area contributed by atoms with E-state index in [1.54, 1.807) is 12.1 Å². The van der Waals surface area contributed by atoms with Crippen molar-refractivity contribution in [3.8, 4) is 11.3 Å². The number of methoxy groups -OCH3 is 1. The summed E-state index contributed by atoms with van der Waals surface area (Å²) in [7, 11) is 1.29. The highest BCUT2D eigenvalue weighted by Gasteiger charge is 2.11. The van der Waals surface area contributed by atoms with Crippen LogP contribution in [0.4, 0.5) is 4.39 Å². The molecule has 22 heavy (non-hydrogen) atoms. The van der Waals surface area contributed by atoms with Crippen LogP contribution in [0.1, 0.15) is 10.4 Å². The molecule has 3 rings (SSSR count). The van der Waals surface area contributed by atoms with Crippen molar-refractivity contribution in [3.05, 3.63) is 64.2 Å². The third kappa shape index (κ3) is 2.46. The maximum Gasteiger partial charge on any atom is 0.337 e. The van der Waals surface area contributed by atoms with Gasteiger partial charge in [0.25, 0.3) is 5.56 Å². The summed E-state index contributed by atoms with van der Waals surface area (Å²) < 4.78 is 17.6. The highest BCUT2D eigenvalue weighted by Crippen LogP contribution is 2.17. The molecular formula is C16H11FN2O3. The van der Waals surface area contributed by atoms with Gasteiger partial charge >= 0.3 is 5.97 Å². The Kier molecular flexibility index (Phi) is 3.42. The van der Waals surface area contributed by atoms with Gasteiger partial charge in [-0.1, -0.05) is 0 Å². The van der Waals surface area contributed by atoms with E-state index in [1.165, 1.54) is 37.4 Å². The van der Waals surface area contributed by atoms with Gasteiger partial charge in [-0.15, -0.1) is 0 Å². The quantitative estimate of drug-likeness (QED) is 0.738. The Labute approximate surface area is 124 Å². The van der Waals surface area contributed by atoms with Crippen LogP contribution in [0.15, 0.2) is 47.3 Å². The summed E-state index contributed by atoms with van der Waals surface area (Å²) in [5, 5.41) is 0. The van der Waals surface area contributed by atoms with Gasteiger partial charge in [0.2, 0.25) is 0 Å². The van der Waals surface area contributed by atoms with Crippen LogP contribution >= 0.6 is 0 Å². The Hall–Kier alpha value is -3.02. The minimum Gasteiger partial charge on any atom is -0.465 e. The average molecular weight is 298 g/mol. The van der Waals surface area contributed by atoms with Crippen LogP contribution < -0.4 is 5.56 Å². The summed E-state index contributed by atoms with van der Waals surface area (Å²) in [5.41, 5.74) is 1.55. The molecule has 0 aliphatic rings. The van der Waals surface area contributed by atoms with Crippen LogP contribution in [0.5, 0.6) is 0 Å². The van der Waals surface area contributed by atoms with Crippen molar-refractivity contribution in [1.82, 2.24) is 9.97 Å². The molecule has 5 nitrogen and oxygen atoms in total. The summed E-state index contributed by atoms with van der Waals surface area (Å²) >= 11 is 0. The van der Waals surface area contributed by atoms with Gasteiger partial charge in [0.15, 0.2) is 0 Å². The highest BCUT2D eigenvalue weighted by atomic mass is 19.1. The van der Waals surface area contributed by atoms with E-state index in [1.807, 2.05) is 0 Å². The zero-order chi connectivity index (χ0) is 15.7. The number of rotatable bonds is 2. The molecule has 3 aromatic rings. The molecule has 0 spiro atoms. The van der Waals surface area contributed by atoms with E-state index < -0.39 is 11.8 Å². The topological polar surface area (TPSA) is 72.1 Å². The number of aromatic nitrogens is 2. The van der Waals surface area contributed by atoms with E-state index in [0.717, 1.165) is 0 Å². The number of ether oxygens (including phenoxy) is 1. The van der Waals surface area contributed by atoms with E-state index in [-0.39, 0.29) is 11.3 Å². The number of H-pyrrole nitrogens is 1. The fraction of sp³-hybridized carbons (Fsp3) is 0.0625. The van der Waals surface area contributed by atoms with Crippen LogP contribution in [0.3, 0.4) is 0 Å². The van der Waals surface area contributed by atoms with Crippen LogP contribution in [0.2, 0.25) is 0 Å². The number of esters is 1. The lowest BCUT2D eigenvalue weighted by atomic mass is 10.1. The lowest BCUT2D eigenvalue weighted by Crippen LogP contribution is -2.12. The summed E-state index contributed by atoms with van der Waals surface area (Å²) in [6.45, 7) is 0. The van der Waals surface area contributed by atoms with Gasteiger partial charge in [0, 0.05) is 5.56 Å². The van der Waals surface area contributed by atoms with Crippen molar-refractivity contribution in [1.29, 1.82) is 0 Å².